The van der Waals surface area contributed by atoms with Gasteiger partial charge in [0.1, 0.15) is 11.4 Å². The average Bonchev–Trinajstić information content (AvgIpc) is 2.67. The lowest BCUT2D eigenvalue weighted by Crippen LogP contribution is -2.42. The molecular weight excluding hydrogens is 352 g/mol. The molecule has 0 aliphatic carbocycles. The number of carbonyl (C=O) groups is 1. The fraction of sp³-hybridized carbons (Fsp3) is 0.696. The molecule has 2 rings (SSSR count). The predicted molar refractivity (Wildman–Crippen MR) is 115 cm³/mol. The Morgan fingerprint density at radius 1 is 1.29 bits per heavy atom. The lowest BCUT2D eigenvalue weighted by Gasteiger charge is -2.30. The fourth-order valence-electron chi connectivity index (χ4n) is 3.91. The third kappa shape index (κ3) is 7.10. The molecule has 1 N–H and O–H groups in total. The number of nitrogens with zero attached hydrogens (tertiary/aromatic N) is 1. The summed E-state index contributed by atoms with van der Waals surface area (Å²) in [4.78, 5) is 15.2. The summed E-state index contributed by atoms with van der Waals surface area (Å²) in [5, 5.41) is 2.97. The molecule has 0 bridgehead atoms. The summed E-state index contributed by atoms with van der Waals surface area (Å²) in [6.45, 7) is 12.9. The molecule has 1 aliphatic heterocycles. The summed E-state index contributed by atoms with van der Waals surface area (Å²) in [7, 11) is 0. The van der Waals surface area contributed by atoms with Crippen molar-refractivity contribution >= 4 is 11.6 Å². The zero-order valence-corrected chi connectivity index (χ0v) is 18.1. The second kappa shape index (κ2) is 11.4. The van der Waals surface area contributed by atoms with Crippen molar-refractivity contribution in [3.8, 4) is 5.75 Å². The molecule has 5 heteroatoms. The minimum absolute atomic E-state index is 0.0966. The van der Waals surface area contributed by atoms with Gasteiger partial charge in [0.05, 0.1) is 6.61 Å². The van der Waals surface area contributed by atoms with E-state index in [9.17, 15) is 4.79 Å². The number of rotatable bonds is 11. The molecule has 28 heavy (non-hydrogen) atoms. The number of ether oxygens (including phenoxy) is 2. The minimum Gasteiger partial charge on any atom is -0.494 e. The highest BCUT2D eigenvalue weighted by atomic mass is 16.5. The zero-order chi connectivity index (χ0) is 20.4. The van der Waals surface area contributed by atoms with Gasteiger partial charge in [0.25, 0.3) is 5.91 Å². The molecule has 5 nitrogen and oxygen atoms in total. The van der Waals surface area contributed by atoms with Crippen LogP contribution in [-0.2, 0) is 9.53 Å². The van der Waals surface area contributed by atoms with E-state index < -0.39 is 5.60 Å². The summed E-state index contributed by atoms with van der Waals surface area (Å²) in [5.41, 5.74) is -0.0216. The number of piperidine rings is 1. The normalized spacial score (nSPS) is 19.8. The van der Waals surface area contributed by atoms with Crippen molar-refractivity contribution in [1.29, 1.82) is 0 Å². The smallest absolute Gasteiger partial charge is 0.256 e. The van der Waals surface area contributed by atoms with Gasteiger partial charge in [-0.2, -0.15) is 0 Å². The van der Waals surface area contributed by atoms with Crippen LogP contribution in [0.5, 0.6) is 5.75 Å². The molecule has 2 atom stereocenters. The van der Waals surface area contributed by atoms with E-state index in [-0.39, 0.29) is 5.91 Å². The summed E-state index contributed by atoms with van der Waals surface area (Å²) in [6.07, 6.45) is 5.31. The van der Waals surface area contributed by atoms with Crippen LogP contribution in [0.25, 0.3) is 0 Å². The van der Waals surface area contributed by atoms with E-state index in [1.165, 1.54) is 25.9 Å². The Labute approximate surface area is 170 Å². The molecule has 1 fully saturated rings. The van der Waals surface area contributed by atoms with E-state index in [0.29, 0.717) is 13.0 Å². The van der Waals surface area contributed by atoms with Crippen molar-refractivity contribution in [2.75, 3.05) is 38.2 Å². The number of carbonyl (C=O) groups excluding carboxylic acids is 1. The first-order valence-corrected chi connectivity index (χ1v) is 10.9. The number of benzene rings is 1. The SMILES string of the molecule is CCC[C@@](C)(OCC)C(=O)Nc1ccc(OCCCN2CCC[C@@H](C)C2)cc1. The Morgan fingerprint density at radius 2 is 2.04 bits per heavy atom. The molecule has 0 radical (unpaired) electrons. The molecule has 1 heterocycles. The van der Waals surface area contributed by atoms with Crippen LogP contribution < -0.4 is 10.1 Å². The van der Waals surface area contributed by atoms with E-state index >= 15 is 0 Å². The summed E-state index contributed by atoms with van der Waals surface area (Å²) in [5.74, 6) is 1.56. The number of hydrogen-bond donors (Lipinski definition) is 1. The highest BCUT2D eigenvalue weighted by molar-refractivity contribution is 5.97. The third-order valence-electron chi connectivity index (χ3n) is 5.41. The van der Waals surface area contributed by atoms with Crippen molar-refractivity contribution in [3.63, 3.8) is 0 Å². The Kier molecular flexibility index (Phi) is 9.26. The van der Waals surface area contributed by atoms with Crippen LogP contribution in [0.1, 0.15) is 59.8 Å². The lowest BCUT2D eigenvalue weighted by atomic mass is 9.99. The van der Waals surface area contributed by atoms with Crippen LogP contribution in [0, 0.1) is 5.92 Å². The maximum Gasteiger partial charge on any atom is 0.256 e. The van der Waals surface area contributed by atoms with Crippen LogP contribution in [-0.4, -0.2) is 49.3 Å². The molecule has 1 aliphatic rings. The van der Waals surface area contributed by atoms with Crippen LogP contribution in [0.15, 0.2) is 24.3 Å². The standard InChI is InChI=1S/C23H38N2O3/c1-5-14-23(4,28-6-2)22(26)24-20-10-12-21(13-11-20)27-17-8-16-25-15-7-9-19(3)18-25/h10-13,19H,5-9,14-18H2,1-4H3,(H,24,26)/t19-,23-/m1/s1. The molecular formula is C23H38N2O3. The highest BCUT2D eigenvalue weighted by Crippen LogP contribution is 2.22. The molecule has 0 saturated carbocycles. The summed E-state index contributed by atoms with van der Waals surface area (Å²) < 4.78 is 11.6. The van der Waals surface area contributed by atoms with Crippen LogP contribution in [0.4, 0.5) is 5.69 Å². The van der Waals surface area contributed by atoms with E-state index in [0.717, 1.165) is 43.3 Å². The molecule has 1 amide bonds. The topological polar surface area (TPSA) is 50.8 Å². The monoisotopic (exact) mass is 390 g/mol. The van der Waals surface area contributed by atoms with Gasteiger partial charge in [0.2, 0.25) is 0 Å². The van der Waals surface area contributed by atoms with Gasteiger partial charge in [0.15, 0.2) is 0 Å². The van der Waals surface area contributed by atoms with Gasteiger partial charge in [-0.05, 0) is 76.3 Å². The second-order valence-corrected chi connectivity index (χ2v) is 8.14. The second-order valence-electron chi connectivity index (χ2n) is 8.14. The van der Waals surface area contributed by atoms with Gasteiger partial charge in [-0.1, -0.05) is 20.3 Å². The van der Waals surface area contributed by atoms with Crippen LogP contribution >= 0.6 is 0 Å². The van der Waals surface area contributed by atoms with Crippen molar-refractivity contribution in [3.05, 3.63) is 24.3 Å². The Hall–Kier alpha value is -1.59. The van der Waals surface area contributed by atoms with Crippen molar-refractivity contribution in [2.24, 2.45) is 5.92 Å². The zero-order valence-electron chi connectivity index (χ0n) is 18.1. The Bertz CT molecular complexity index is 582. The quantitative estimate of drug-likeness (QED) is 0.556. The molecule has 0 unspecified atom stereocenters. The van der Waals surface area contributed by atoms with Gasteiger partial charge in [-0.25, -0.2) is 0 Å². The number of amides is 1. The molecule has 0 aromatic heterocycles. The average molecular weight is 391 g/mol. The Morgan fingerprint density at radius 3 is 2.68 bits per heavy atom. The molecule has 1 aromatic rings. The summed E-state index contributed by atoms with van der Waals surface area (Å²) >= 11 is 0. The largest absolute Gasteiger partial charge is 0.494 e. The predicted octanol–water partition coefficient (Wildman–Crippen LogP) is 4.72. The Balaban J connectivity index is 1.75. The minimum atomic E-state index is -0.787. The number of anilines is 1. The van der Waals surface area contributed by atoms with Gasteiger partial charge in [-0.15, -0.1) is 0 Å². The first kappa shape index (κ1) is 22.7. The van der Waals surface area contributed by atoms with E-state index in [4.69, 9.17) is 9.47 Å². The highest BCUT2D eigenvalue weighted by Gasteiger charge is 2.32. The van der Waals surface area contributed by atoms with Crippen molar-refractivity contribution < 1.29 is 14.3 Å². The number of nitrogens with one attached hydrogen (secondary N) is 1. The fourth-order valence-corrected chi connectivity index (χ4v) is 3.91. The van der Waals surface area contributed by atoms with Gasteiger partial charge in [0, 0.05) is 25.4 Å². The van der Waals surface area contributed by atoms with Crippen molar-refractivity contribution in [1.82, 2.24) is 4.90 Å². The van der Waals surface area contributed by atoms with E-state index in [1.54, 1.807) is 0 Å². The van der Waals surface area contributed by atoms with Crippen LogP contribution in [0.2, 0.25) is 0 Å². The molecule has 1 saturated heterocycles. The van der Waals surface area contributed by atoms with Gasteiger partial charge < -0.3 is 19.7 Å². The summed E-state index contributed by atoms with van der Waals surface area (Å²) in [6, 6.07) is 7.60. The maximum atomic E-state index is 12.6. The molecule has 158 valence electrons. The number of likely N-dealkylation sites (tertiary alicyclic amines) is 1. The lowest BCUT2D eigenvalue weighted by molar-refractivity contribution is -0.139. The van der Waals surface area contributed by atoms with Crippen molar-refractivity contribution in [2.45, 2.75) is 65.4 Å². The maximum absolute atomic E-state index is 12.6. The number of hydrogen-bond acceptors (Lipinski definition) is 4. The first-order valence-electron chi connectivity index (χ1n) is 10.9. The molecule has 1 aromatic carbocycles. The molecule has 0 spiro atoms. The van der Waals surface area contributed by atoms with Gasteiger partial charge >= 0.3 is 0 Å². The van der Waals surface area contributed by atoms with E-state index in [2.05, 4.69) is 24.1 Å². The van der Waals surface area contributed by atoms with Crippen LogP contribution in [0.3, 0.4) is 0 Å². The first-order chi connectivity index (χ1) is 13.5. The van der Waals surface area contributed by atoms with Gasteiger partial charge in [-0.3, -0.25) is 4.79 Å². The third-order valence-corrected chi connectivity index (χ3v) is 5.41. The van der Waals surface area contributed by atoms with E-state index in [1.807, 2.05) is 38.1 Å².